The van der Waals surface area contributed by atoms with E-state index in [0.717, 1.165) is 18.4 Å². The summed E-state index contributed by atoms with van der Waals surface area (Å²) in [7, 11) is 0. The van der Waals surface area contributed by atoms with Crippen molar-refractivity contribution in [2.45, 2.75) is 50.5 Å². The van der Waals surface area contributed by atoms with Gasteiger partial charge in [0.05, 0.1) is 0 Å². The van der Waals surface area contributed by atoms with Crippen LogP contribution in [-0.4, -0.2) is 29.8 Å². The van der Waals surface area contributed by atoms with Gasteiger partial charge in [-0.2, -0.15) is 13.2 Å². The van der Waals surface area contributed by atoms with Crippen molar-refractivity contribution in [3.63, 3.8) is 0 Å². The molecule has 0 N–H and O–H groups in total. The van der Waals surface area contributed by atoms with Crippen LogP contribution in [-0.2, 0) is 4.74 Å². The van der Waals surface area contributed by atoms with Crippen molar-refractivity contribution in [2.24, 2.45) is 0 Å². The van der Waals surface area contributed by atoms with Gasteiger partial charge in [0.1, 0.15) is 0 Å². The van der Waals surface area contributed by atoms with E-state index < -0.39 is 5.51 Å². The Morgan fingerprint density at radius 3 is 2.00 bits per heavy atom. The molecule has 0 heterocycles. The van der Waals surface area contributed by atoms with E-state index in [-0.39, 0.29) is 17.5 Å². The zero-order valence-electron chi connectivity index (χ0n) is 10.6. The van der Waals surface area contributed by atoms with Gasteiger partial charge in [-0.05, 0) is 25.7 Å². The lowest BCUT2D eigenvalue weighted by atomic mass is 10.2. The van der Waals surface area contributed by atoms with E-state index in [1.54, 1.807) is 0 Å². The molecule has 0 aromatic rings. The van der Waals surface area contributed by atoms with Crippen molar-refractivity contribution >= 4 is 27.7 Å². The van der Waals surface area contributed by atoms with E-state index in [9.17, 15) is 13.2 Å². The Kier molecular flexibility index (Phi) is 13.0. The van der Waals surface area contributed by atoms with Gasteiger partial charge in [0.15, 0.2) is 0 Å². The normalized spacial score (nSPS) is 12.0. The van der Waals surface area contributed by atoms with Crippen LogP contribution >= 0.6 is 27.7 Å². The smallest absolute Gasteiger partial charge is 0.381 e. The third kappa shape index (κ3) is 16.6. The predicted octanol–water partition coefficient (Wildman–Crippen LogP) is 5.38. The number of halogens is 4. The molecule has 0 saturated carbocycles. The second kappa shape index (κ2) is 12.6. The Bertz CT molecular complexity index is 179. The summed E-state index contributed by atoms with van der Waals surface area (Å²) in [5.74, 6) is 0.138. The van der Waals surface area contributed by atoms with E-state index in [1.165, 1.54) is 25.7 Å². The zero-order valence-corrected chi connectivity index (χ0v) is 13.0. The highest BCUT2D eigenvalue weighted by Crippen LogP contribution is 2.30. The summed E-state index contributed by atoms with van der Waals surface area (Å²) in [4.78, 5) is 0. The van der Waals surface area contributed by atoms with E-state index in [2.05, 4.69) is 15.9 Å². The highest BCUT2D eigenvalue weighted by molar-refractivity contribution is 9.09. The SMILES string of the molecule is FC(F)(F)SCCCCOCCCCCCCBr. The minimum Gasteiger partial charge on any atom is -0.381 e. The lowest BCUT2D eigenvalue weighted by Crippen LogP contribution is -2.02. The third-order valence-electron chi connectivity index (χ3n) is 2.37. The summed E-state index contributed by atoms with van der Waals surface area (Å²) in [5, 5.41) is 1.07. The van der Waals surface area contributed by atoms with E-state index in [4.69, 9.17) is 4.74 Å². The Labute approximate surface area is 120 Å². The first-order chi connectivity index (χ1) is 8.56. The molecule has 0 aromatic carbocycles. The number of hydrogen-bond acceptors (Lipinski definition) is 2. The van der Waals surface area contributed by atoms with Crippen LogP contribution in [0.3, 0.4) is 0 Å². The van der Waals surface area contributed by atoms with Crippen LogP contribution < -0.4 is 0 Å². The van der Waals surface area contributed by atoms with Gasteiger partial charge in [-0.25, -0.2) is 0 Å². The topological polar surface area (TPSA) is 9.23 Å². The number of rotatable bonds is 12. The van der Waals surface area contributed by atoms with Crippen molar-refractivity contribution in [3.8, 4) is 0 Å². The first-order valence-electron chi connectivity index (χ1n) is 6.40. The van der Waals surface area contributed by atoms with Gasteiger partial charge >= 0.3 is 5.51 Å². The molecule has 6 heteroatoms. The summed E-state index contributed by atoms with van der Waals surface area (Å²) < 4.78 is 40.7. The molecule has 0 radical (unpaired) electrons. The maximum atomic E-state index is 11.8. The van der Waals surface area contributed by atoms with Gasteiger partial charge in [-0.1, -0.05) is 47.0 Å². The molecular weight excluding hydrogens is 329 g/mol. The molecular formula is C12H22BrF3OS. The fourth-order valence-corrected chi connectivity index (χ4v) is 2.40. The molecule has 1 nitrogen and oxygen atoms in total. The molecule has 0 saturated heterocycles. The van der Waals surface area contributed by atoms with Gasteiger partial charge in [0.2, 0.25) is 0 Å². The summed E-state index contributed by atoms with van der Waals surface area (Å²) in [5.41, 5.74) is -4.09. The maximum absolute atomic E-state index is 11.8. The van der Waals surface area contributed by atoms with E-state index in [0.29, 0.717) is 19.4 Å². The lowest BCUT2D eigenvalue weighted by Gasteiger charge is -2.06. The summed E-state index contributed by atoms with van der Waals surface area (Å²) in [6.45, 7) is 1.32. The summed E-state index contributed by atoms with van der Waals surface area (Å²) in [6, 6.07) is 0. The molecule has 0 atom stereocenters. The molecule has 0 amide bonds. The fourth-order valence-electron chi connectivity index (χ4n) is 1.43. The van der Waals surface area contributed by atoms with Crippen molar-refractivity contribution in [1.82, 2.24) is 0 Å². The molecule has 18 heavy (non-hydrogen) atoms. The molecule has 0 aliphatic carbocycles. The predicted molar refractivity (Wildman–Crippen MR) is 75.4 cm³/mol. The van der Waals surface area contributed by atoms with Crippen LogP contribution in [0, 0.1) is 0 Å². The van der Waals surface area contributed by atoms with Crippen LogP contribution in [0.5, 0.6) is 0 Å². The van der Waals surface area contributed by atoms with Gasteiger partial charge in [-0.3, -0.25) is 0 Å². The Morgan fingerprint density at radius 1 is 0.833 bits per heavy atom. The average Bonchev–Trinajstić information content (AvgIpc) is 2.29. The molecule has 0 aliphatic rings. The minimum absolute atomic E-state index is 0.0537. The van der Waals surface area contributed by atoms with Crippen LogP contribution in [0.15, 0.2) is 0 Å². The molecule has 0 aromatic heterocycles. The number of unbranched alkanes of at least 4 members (excludes halogenated alkanes) is 5. The fraction of sp³-hybridized carbons (Fsp3) is 1.00. The summed E-state index contributed by atoms with van der Waals surface area (Å²) in [6.07, 6.45) is 7.22. The van der Waals surface area contributed by atoms with Gasteiger partial charge in [0.25, 0.3) is 0 Å². The summed E-state index contributed by atoms with van der Waals surface area (Å²) >= 11 is 3.44. The van der Waals surface area contributed by atoms with E-state index in [1.807, 2.05) is 0 Å². The number of thioether (sulfide) groups is 1. The zero-order chi connectivity index (χ0) is 13.7. The maximum Gasteiger partial charge on any atom is 0.441 e. The highest BCUT2D eigenvalue weighted by atomic mass is 79.9. The lowest BCUT2D eigenvalue weighted by molar-refractivity contribution is -0.0328. The van der Waals surface area contributed by atoms with Crippen LogP contribution in [0.4, 0.5) is 13.2 Å². The molecule has 110 valence electrons. The van der Waals surface area contributed by atoms with Gasteiger partial charge in [0, 0.05) is 24.3 Å². The molecule has 0 rings (SSSR count). The third-order valence-corrected chi connectivity index (χ3v) is 3.75. The average molecular weight is 351 g/mol. The standard InChI is InChI=1S/C12H22BrF3OS/c13-8-4-2-1-3-5-9-17-10-6-7-11-18-12(14,15)16/h1-11H2. The Morgan fingerprint density at radius 2 is 1.39 bits per heavy atom. The second-order valence-corrected chi connectivity index (χ2v) is 6.02. The highest BCUT2D eigenvalue weighted by Gasteiger charge is 2.27. The number of alkyl halides is 4. The quantitative estimate of drug-likeness (QED) is 0.345. The number of hydrogen-bond donors (Lipinski definition) is 0. The molecule has 0 aliphatic heterocycles. The minimum atomic E-state index is -4.09. The number of ether oxygens (including phenoxy) is 1. The van der Waals surface area contributed by atoms with Crippen LogP contribution in [0.2, 0.25) is 0 Å². The molecule has 0 bridgehead atoms. The van der Waals surface area contributed by atoms with Crippen molar-refractivity contribution < 1.29 is 17.9 Å². The molecule has 0 spiro atoms. The monoisotopic (exact) mass is 350 g/mol. The Hall–Kier alpha value is 0.580. The molecule has 0 fully saturated rings. The molecule has 0 unspecified atom stereocenters. The Balaban J connectivity index is 2.99. The van der Waals surface area contributed by atoms with Crippen LogP contribution in [0.1, 0.15) is 44.9 Å². The first-order valence-corrected chi connectivity index (χ1v) is 8.51. The van der Waals surface area contributed by atoms with Crippen LogP contribution in [0.25, 0.3) is 0 Å². The van der Waals surface area contributed by atoms with Crippen molar-refractivity contribution in [3.05, 3.63) is 0 Å². The second-order valence-electron chi connectivity index (χ2n) is 4.07. The largest absolute Gasteiger partial charge is 0.441 e. The van der Waals surface area contributed by atoms with Gasteiger partial charge < -0.3 is 4.74 Å². The van der Waals surface area contributed by atoms with E-state index >= 15 is 0 Å². The van der Waals surface area contributed by atoms with Gasteiger partial charge in [-0.15, -0.1) is 0 Å². The van der Waals surface area contributed by atoms with Crippen molar-refractivity contribution in [1.29, 1.82) is 0 Å². The van der Waals surface area contributed by atoms with Crippen molar-refractivity contribution in [2.75, 3.05) is 24.3 Å². The first kappa shape index (κ1) is 18.6.